The molecule has 0 spiro atoms. The fourth-order valence-electron chi connectivity index (χ4n) is 1.97. The number of ether oxygens (including phenoxy) is 2. The minimum Gasteiger partial charge on any atom is -0.493 e. The van der Waals surface area contributed by atoms with E-state index in [0.717, 1.165) is 5.56 Å². The molecule has 120 valence electrons. The molecule has 2 aromatic carbocycles. The van der Waals surface area contributed by atoms with Crippen LogP contribution in [0.25, 0.3) is 6.08 Å². The number of para-hydroxylation sites is 1. The third kappa shape index (κ3) is 4.76. The molecule has 5 heteroatoms. The molecule has 0 saturated heterocycles. The van der Waals surface area contributed by atoms with E-state index in [1.165, 1.54) is 6.08 Å². The van der Waals surface area contributed by atoms with Crippen LogP contribution in [0, 0.1) is 0 Å². The summed E-state index contributed by atoms with van der Waals surface area (Å²) in [5.41, 5.74) is 1.41. The molecule has 0 unspecified atom stereocenters. The van der Waals surface area contributed by atoms with Crippen molar-refractivity contribution in [3.05, 3.63) is 59.1 Å². The lowest BCUT2D eigenvalue weighted by molar-refractivity contribution is -0.111. The zero-order chi connectivity index (χ0) is 16.7. The Morgan fingerprint density at radius 2 is 2.00 bits per heavy atom. The molecule has 2 rings (SSSR count). The zero-order valence-corrected chi connectivity index (χ0v) is 13.8. The van der Waals surface area contributed by atoms with Crippen LogP contribution in [0.1, 0.15) is 12.5 Å². The third-order valence-electron chi connectivity index (χ3n) is 3.05. The van der Waals surface area contributed by atoms with Gasteiger partial charge in [-0.05, 0) is 42.8 Å². The van der Waals surface area contributed by atoms with Crippen LogP contribution in [-0.4, -0.2) is 19.6 Å². The van der Waals surface area contributed by atoms with Crippen molar-refractivity contribution in [1.82, 2.24) is 0 Å². The fourth-order valence-corrected chi connectivity index (χ4v) is 2.16. The van der Waals surface area contributed by atoms with Gasteiger partial charge in [0.2, 0.25) is 5.91 Å². The van der Waals surface area contributed by atoms with Gasteiger partial charge in [0.1, 0.15) is 0 Å². The first-order chi connectivity index (χ1) is 11.1. The number of hydrogen-bond acceptors (Lipinski definition) is 3. The van der Waals surface area contributed by atoms with E-state index in [4.69, 9.17) is 21.1 Å². The zero-order valence-electron chi connectivity index (χ0n) is 13.0. The highest BCUT2D eigenvalue weighted by Gasteiger charge is 2.05. The number of methoxy groups -OCH3 is 1. The summed E-state index contributed by atoms with van der Waals surface area (Å²) in [5.74, 6) is 1.04. The van der Waals surface area contributed by atoms with Crippen molar-refractivity contribution in [2.24, 2.45) is 0 Å². The van der Waals surface area contributed by atoms with Crippen molar-refractivity contribution in [1.29, 1.82) is 0 Å². The van der Waals surface area contributed by atoms with Crippen molar-refractivity contribution in [3.63, 3.8) is 0 Å². The maximum absolute atomic E-state index is 12.0. The van der Waals surface area contributed by atoms with Crippen LogP contribution < -0.4 is 14.8 Å². The second kappa shape index (κ2) is 8.25. The normalized spacial score (nSPS) is 10.6. The number of amides is 1. The summed E-state index contributed by atoms with van der Waals surface area (Å²) in [4.78, 5) is 12.0. The van der Waals surface area contributed by atoms with Gasteiger partial charge in [-0.15, -0.1) is 0 Å². The average Bonchev–Trinajstić information content (AvgIpc) is 2.55. The molecular formula is C18H18ClNO3. The van der Waals surface area contributed by atoms with Crippen LogP contribution in [0.15, 0.2) is 48.5 Å². The Bertz CT molecular complexity index is 713. The molecule has 0 saturated carbocycles. The van der Waals surface area contributed by atoms with Gasteiger partial charge in [-0.3, -0.25) is 4.79 Å². The minimum absolute atomic E-state index is 0.258. The lowest BCUT2D eigenvalue weighted by Gasteiger charge is -2.09. The van der Waals surface area contributed by atoms with Gasteiger partial charge in [-0.1, -0.05) is 29.8 Å². The molecule has 0 aliphatic carbocycles. The number of carbonyl (C=O) groups is 1. The first-order valence-corrected chi connectivity index (χ1v) is 7.56. The van der Waals surface area contributed by atoms with Gasteiger partial charge in [-0.25, -0.2) is 0 Å². The Kier molecular flexibility index (Phi) is 6.06. The molecular weight excluding hydrogens is 314 g/mol. The SMILES string of the molecule is CCOc1cc(/C=C/C(=O)Nc2ccccc2Cl)ccc1OC. The van der Waals surface area contributed by atoms with Crippen molar-refractivity contribution < 1.29 is 14.3 Å². The molecule has 0 bridgehead atoms. The number of hydrogen-bond donors (Lipinski definition) is 1. The monoisotopic (exact) mass is 331 g/mol. The largest absolute Gasteiger partial charge is 0.493 e. The summed E-state index contributed by atoms with van der Waals surface area (Å²) in [5, 5.41) is 3.23. The second-order valence-electron chi connectivity index (χ2n) is 4.65. The predicted octanol–water partition coefficient (Wildman–Crippen LogP) is 4.40. The quantitative estimate of drug-likeness (QED) is 0.798. The van der Waals surface area contributed by atoms with Gasteiger partial charge in [-0.2, -0.15) is 0 Å². The van der Waals surface area contributed by atoms with Crippen LogP contribution in [0.2, 0.25) is 5.02 Å². The highest BCUT2D eigenvalue weighted by atomic mass is 35.5. The van der Waals surface area contributed by atoms with Crippen LogP contribution in [0.3, 0.4) is 0 Å². The summed E-state index contributed by atoms with van der Waals surface area (Å²) < 4.78 is 10.7. The molecule has 0 fully saturated rings. The topological polar surface area (TPSA) is 47.6 Å². The molecule has 1 N–H and O–H groups in total. The average molecular weight is 332 g/mol. The standard InChI is InChI=1S/C18H18ClNO3/c1-3-23-17-12-13(8-10-16(17)22-2)9-11-18(21)20-15-7-5-4-6-14(15)19/h4-12H,3H2,1-2H3,(H,20,21)/b11-9+. The van der Waals surface area contributed by atoms with Crippen molar-refractivity contribution in [2.75, 3.05) is 19.0 Å². The summed E-state index contributed by atoms with van der Waals surface area (Å²) >= 11 is 6.01. The van der Waals surface area contributed by atoms with Crippen LogP contribution in [-0.2, 0) is 4.79 Å². The fraction of sp³-hybridized carbons (Fsp3) is 0.167. The summed E-state index contributed by atoms with van der Waals surface area (Å²) in [6.45, 7) is 2.44. The van der Waals surface area contributed by atoms with E-state index >= 15 is 0 Å². The number of anilines is 1. The van der Waals surface area contributed by atoms with Crippen molar-refractivity contribution in [3.8, 4) is 11.5 Å². The molecule has 0 aliphatic heterocycles. The first-order valence-electron chi connectivity index (χ1n) is 7.18. The first kappa shape index (κ1) is 16.9. The van der Waals surface area contributed by atoms with Gasteiger partial charge >= 0.3 is 0 Å². The molecule has 23 heavy (non-hydrogen) atoms. The van der Waals surface area contributed by atoms with Crippen LogP contribution >= 0.6 is 11.6 Å². The van der Waals surface area contributed by atoms with E-state index in [-0.39, 0.29) is 5.91 Å². The Morgan fingerprint density at radius 3 is 2.70 bits per heavy atom. The molecule has 0 heterocycles. The van der Waals surface area contributed by atoms with E-state index in [1.807, 2.05) is 25.1 Å². The van der Waals surface area contributed by atoms with Gasteiger partial charge in [0.15, 0.2) is 11.5 Å². The molecule has 0 aliphatic rings. The molecule has 0 atom stereocenters. The Hall–Kier alpha value is -2.46. The van der Waals surface area contributed by atoms with Gasteiger partial charge in [0.25, 0.3) is 0 Å². The van der Waals surface area contributed by atoms with Crippen molar-refractivity contribution >= 4 is 29.3 Å². The predicted molar refractivity (Wildman–Crippen MR) is 93.3 cm³/mol. The summed E-state index contributed by atoms with van der Waals surface area (Å²) in [7, 11) is 1.59. The highest BCUT2D eigenvalue weighted by molar-refractivity contribution is 6.33. The van der Waals surface area contributed by atoms with E-state index in [2.05, 4.69) is 5.32 Å². The van der Waals surface area contributed by atoms with E-state index < -0.39 is 0 Å². The van der Waals surface area contributed by atoms with Gasteiger partial charge < -0.3 is 14.8 Å². The maximum atomic E-state index is 12.0. The number of halogens is 1. The summed E-state index contributed by atoms with van der Waals surface area (Å²) in [6.07, 6.45) is 3.15. The molecule has 0 radical (unpaired) electrons. The molecule has 4 nitrogen and oxygen atoms in total. The minimum atomic E-state index is -0.258. The second-order valence-corrected chi connectivity index (χ2v) is 5.05. The molecule has 1 amide bonds. The van der Waals surface area contributed by atoms with Crippen LogP contribution in [0.5, 0.6) is 11.5 Å². The maximum Gasteiger partial charge on any atom is 0.248 e. The van der Waals surface area contributed by atoms with Gasteiger partial charge in [0, 0.05) is 6.08 Å². The molecule has 0 aromatic heterocycles. The number of benzene rings is 2. The Morgan fingerprint density at radius 1 is 1.22 bits per heavy atom. The van der Waals surface area contributed by atoms with Gasteiger partial charge in [0.05, 0.1) is 24.4 Å². The Balaban J connectivity index is 2.09. The van der Waals surface area contributed by atoms with E-state index in [9.17, 15) is 4.79 Å². The lowest BCUT2D eigenvalue weighted by atomic mass is 10.2. The van der Waals surface area contributed by atoms with E-state index in [0.29, 0.717) is 28.8 Å². The van der Waals surface area contributed by atoms with E-state index in [1.54, 1.807) is 37.5 Å². The highest BCUT2D eigenvalue weighted by Crippen LogP contribution is 2.28. The molecule has 2 aromatic rings. The number of carbonyl (C=O) groups excluding carboxylic acids is 1. The van der Waals surface area contributed by atoms with Crippen molar-refractivity contribution in [2.45, 2.75) is 6.92 Å². The Labute approximate surface area is 140 Å². The third-order valence-corrected chi connectivity index (χ3v) is 3.38. The van der Waals surface area contributed by atoms with Crippen LogP contribution in [0.4, 0.5) is 5.69 Å². The lowest BCUT2D eigenvalue weighted by Crippen LogP contribution is -2.07. The summed E-state index contributed by atoms with van der Waals surface area (Å²) in [6, 6.07) is 12.6. The smallest absolute Gasteiger partial charge is 0.248 e. The number of rotatable bonds is 6. The number of nitrogens with one attached hydrogen (secondary N) is 1.